The zero-order valence-electron chi connectivity index (χ0n) is 12.5. The second-order valence-corrected chi connectivity index (χ2v) is 6.03. The summed E-state index contributed by atoms with van der Waals surface area (Å²) in [6.07, 6.45) is -0.196. The van der Waals surface area contributed by atoms with E-state index in [0.29, 0.717) is 17.8 Å². The fourth-order valence-corrected chi connectivity index (χ4v) is 1.47. The van der Waals surface area contributed by atoms with E-state index in [9.17, 15) is 4.79 Å². The lowest BCUT2D eigenvalue weighted by molar-refractivity contribution is 0.0453. The smallest absolute Gasteiger partial charge is 0.410 e. The van der Waals surface area contributed by atoms with E-state index in [2.05, 4.69) is 41.5 Å². The Bertz CT molecular complexity index is 214. The number of carbonyl (C=O) groups excluding carboxylic acids is 1. The highest BCUT2D eigenvalue weighted by Gasteiger charge is 2.20. The molecule has 3 nitrogen and oxygen atoms in total. The van der Waals surface area contributed by atoms with Crippen molar-refractivity contribution in [3.8, 4) is 0 Å². The van der Waals surface area contributed by atoms with Crippen LogP contribution in [0, 0.1) is 17.8 Å². The highest BCUT2D eigenvalue weighted by molar-refractivity contribution is 5.67. The lowest BCUT2D eigenvalue weighted by Crippen LogP contribution is -2.39. The van der Waals surface area contributed by atoms with Gasteiger partial charge in [-0.2, -0.15) is 0 Å². The molecule has 0 fully saturated rings. The van der Waals surface area contributed by atoms with Crippen molar-refractivity contribution in [2.24, 2.45) is 17.8 Å². The van der Waals surface area contributed by atoms with E-state index in [-0.39, 0.29) is 12.2 Å². The molecule has 0 aromatic carbocycles. The molecule has 0 aliphatic heterocycles. The van der Waals surface area contributed by atoms with Crippen molar-refractivity contribution in [2.75, 3.05) is 13.1 Å². The van der Waals surface area contributed by atoms with Crippen LogP contribution in [0.2, 0.25) is 0 Å². The maximum atomic E-state index is 12.0. The van der Waals surface area contributed by atoms with E-state index in [0.717, 1.165) is 13.1 Å². The molecule has 1 atom stereocenters. The van der Waals surface area contributed by atoms with Gasteiger partial charge in [0.25, 0.3) is 0 Å². The molecule has 0 radical (unpaired) electrons. The Balaban J connectivity index is 4.41. The minimum Gasteiger partial charge on any atom is -0.446 e. The molecule has 0 heterocycles. The number of carbonyl (C=O) groups is 1. The summed E-state index contributed by atoms with van der Waals surface area (Å²) in [6.45, 7) is 16.1. The Morgan fingerprint density at radius 2 is 1.35 bits per heavy atom. The summed E-state index contributed by atoms with van der Waals surface area (Å²) < 4.78 is 5.46. The van der Waals surface area contributed by atoms with Crippen LogP contribution in [0.1, 0.15) is 48.5 Å². The molecular formula is C14H29NO2. The summed E-state index contributed by atoms with van der Waals surface area (Å²) in [7, 11) is 0. The monoisotopic (exact) mass is 243 g/mol. The zero-order chi connectivity index (χ0) is 13.6. The second-order valence-electron chi connectivity index (χ2n) is 6.03. The predicted octanol–water partition coefficient (Wildman–Crippen LogP) is 3.78. The molecule has 102 valence electrons. The molecule has 0 aliphatic carbocycles. The third-order valence-corrected chi connectivity index (χ3v) is 2.65. The maximum Gasteiger partial charge on any atom is 0.410 e. The van der Waals surface area contributed by atoms with Crippen LogP contribution in [-0.2, 0) is 4.74 Å². The van der Waals surface area contributed by atoms with E-state index in [4.69, 9.17) is 4.74 Å². The van der Waals surface area contributed by atoms with Crippen molar-refractivity contribution < 1.29 is 9.53 Å². The minimum atomic E-state index is -0.173. The van der Waals surface area contributed by atoms with Gasteiger partial charge in [-0.15, -0.1) is 0 Å². The van der Waals surface area contributed by atoms with Crippen molar-refractivity contribution in [1.82, 2.24) is 4.90 Å². The lowest BCUT2D eigenvalue weighted by atomic mass is 10.1. The summed E-state index contributed by atoms with van der Waals surface area (Å²) >= 11 is 0. The number of nitrogens with zero attached hydrogens (tertiary/aromatic N) is 1. The first-order chi connectivity index (χ1) is 7.73. The van der Waals surface area contributed by atoms with Crippen LogP contribution >= 0.6 is 0 Å². The van der Waals surface area contributed by atoms with Gasteiger partial charge in [-0.25, -0.2) is 4.79 Å². The summed E-state index contributed by atoms with van der Waals surface area (Å²) in [5.41, 5.74) is 0. The van der Waals surface area contributed by atoms with Crippen molar-refractivity contribution in [1.29, 1.82) is 0 Å². The van der Waals surface area contributed by atoms with Gasteiger partial charge in [-0.3, -0.25) is 0 Å². The van der Waals surface area contributed by atoms with Gasteiger partial charge in [0.1, 0.15) is 6.10 Å². The van der Waals surface area contributed by atoms with Crippen LogP contribution in [0.5, 0.6) is 0 Å². The van der Waals surface area contributed by atoms with Crippen LogP contribution in [-0.4, -0.2) is 30.2 Å². The van der Waals surface area contributed by atoms with Crippen molar-refractivity contribution in [3.05, 3.63) is 0 Å². The largest absolute Gasteiger partial charge is 0.446 e. The second kappa shape index (κ2) is 7.57. The molecule has 0 bridgehead atoms. The normalized spacial score (nSPS) is 13.3. The van der Waals surface area contributed by atoms with Gasteiger partial charge >= 0.3 is 6.09 Å². The molecule has 0 aliphatic rings. The summed E-state index contributed by atoms with van der Waals surface area (Å²) in [4.78, 5) is 13.9. The summed E-state index contributed by atoms with van der Waals surface area (Å²) in [5, 5.41) is 0. The first kappa shape index (κ1) is 16.3. The fraction of sp³-hybridized carbons (Fsp3) is 0.929. The highest BCUT2D eigenvalue weighted by atomic mass is 16.6. The number of hydrogen-bond acceptors (Lipinski definition) is 2. The standard InChI is InChI=1S/C14H29NO2/c1-10(2)8-15(9-11(3)4)14(16)17-13(7)12(5)6/h10-13H,8-9H2,1-7H3. The number of rotatable bonds is 6. The molecular weight excluding hydrogens is 214 g/mol. The molecule has 3 heteroatoms. The highest BCUT2D eigenvalue weighted by Crippen LogP contribution is 2.11. The van der Waals surface area contributed by atoms with Crippen molar-refractivity contribution >= 4 is 6.09 Å². The van der Waals surface area contributed by atoms with Crippen LogP contribution in [0.15, 0.2) is 0 Å². The number of amides is 1. The Morgan fingerprint density at radius 3 is 1.65 bits per heavy atom. The third kappa shape index (κ3) is 7.24. The minimum absolute atomic E-state index is 0.0238. The van der Waals surface area contributed by atoms with Gasteiger partial charge in [-0.05, 0) is 24.7 Å². The number of hydrogen-bond donors (Lipinski definition) is 0. The Labute approximate surface area is 107 Å². The Hall–Kier alpha value is -0.730. The van der Waals surface area contributed by atoms with Gasteiger partial charge in [-0.1, -0.05) is 41.5 Å². The first-order valence-corrected chi connectivity index (χ1v) is 6.69. The van der Waals surface area contributed by atoms with Gasteiger partial charge in [0, 0.05) is 13.1 Å². The first-order valence-electron chi connectivity index (χ1n) is 6.69. The van der Waals surface area contributed by atoms with Gasteiger partial charge in [0.2, 0.25) is 0 Å². The van der Waals surface area contributed by atoms with E-state index in [1.54, 1.807) is 0 Å². The van der Waals surface area contributed by atoms with Crippen LogP contribution < -0.4 is 0 Å². The molecule has 0 spiro atoms. The lowest BCUT2D eigenvalue weighted by Gasteiger charge is -2.28. The average molecular weight is 243 g/mol. The molecule has 1 amide bonds. The van der Waals surface area contributed by atoms with E-state index in [1.165, 1.54) is 0 Å². The van der Waals surface area contributed by atoms with Crippen LogP contribution in [0.3, 0.4) is 0 Å². The molecule has 0 rings (SSSR count). The average Bonchev–Trinajstić information content (AvgIpc) is 2.14. The molecule has 0 N–H and O–H groups in total. The van der Waals surface area contributed by atoms with Gasteiger partial charge in [0.05, 0.1) is 0 Å². The van der Waals surface area contributed by atoms with Gasteiger partial charge in [0.15, 0.2) is 0 Å². The quantitative estimate of drug-likeness (QED) is 0.710. The van der Waals surface area contributed by atoms with Crippen molar-refractivity contribution in [2.45, 2.75) is 54.6 Å². The Kier molecular flexibility index (Phi) is 7.24. The molecule has 1 unspecified atom stereocenters. The molecule has 0 aromatic heterocycles. The topological polar surface area (TPSA) is 29.5 Å². The molecule has 0 aromatic rings. The predicted molar refractivity (Wildman–Crippen MR) is 72.0 cm³/mol. The zero-order valence-corrected chi connectivity index (χ0v) is 12.5. The van der Waals surface area contributed by atoms with Crippen molar-refractivity contribution in [3.63, 3.8) is 0 Å². The SMILES string of the molecule is CC(C)CN(CC(C)C)C(=O)OC(C)C(C)C. The molecule has 0 saturated heterocycles. The van der Waals surface area contributed by atoms with E-state index < -0.39 is 0 Å². The third-order valence-electron chi connectivity index (χ3n) is 2.65. The molecule has 17 heavy (non-hydrogen) atoms. The molecule has 0 saturated carbocycles. The summed E-state index contributed by atoms with van der Waals surface area (Å²) in [5.74, 6) is 1.30. The number of ether oxygens (including phenoxy) is 1. The van der Waals surface area contributed by atoms with E-state index >= 15 is 0 Å². The maximum absolute atomic E-state index is 12.0. The fourth-order valence-electron chi connectivity index (χ4n) is 1.47. The summed E-state index contributed by atoms with van der Waals surface area (Å²) in [6, 6.07) is 0. The van der Waals surface area contributed by atoms with E-state index in [1.807, 2.05) is 11.8 Å². The van der Waals surface area contributed by atoms with Gasteiger partial charge < -0.3 is 9.64 Å². The van der Waals surface area contributed by atoms with Crippen LogP contribution in [0.4, 0.5) is 4.79 Å². The Morgan fingerprint density at radius 1 is 0.941 bits per heavy atom. The van der Waals surface area contributed by atoms with Crippen LogP contribution in [0.25, 0.3) is 0 Å².